The minimum absolute atomic E-state index is 0.236. The summed E-state index contributed by atoms with van der Waals surface area (Å²) in [4.78, 5) is 14.4. The van der Waals surface area contributed by atoms with Gasteiger partial charge in [0.2, 0.25) is 5.91 Å². The number of methoxy groups -OCH3 is 1. The molecule has 2 rings (SSSR count). The lowest BCUT2D eigenvalue weighted by atomic mass is 9.88. The Morgan fingerprint density at radius 2 is 2.00 bits per heavy atom. The average molecular weight is 240 g/mol. The Hall–Kier alpha value is -0.610. The van der Waals surface area contributed by atoms with E-state index in [1.165, 1.54) is 0 Å². The molecule has 0 spiro atoms. The van der Waals surface area contributed by atoms with E-state index in [-0.39, 0.29) is 11.8 Å². The second-order valence-electron chi connectivity index (χ2n) is 5.24. The third-order valence-electron chi connectivity index (χ3n) is 4.18. The maximum atomic E-state index is 12.0. The SMILES string of the molecule is CCN1CCC(C(=O)NC2CC(OC)C2)CC1. The summed E-state index contributed by atoms with van der Waals surface area (Å²) in [6.07, 6.45) is 4.36. The second-order valence-corrected chi connectivity index (χ2v) is 5.24. The van der Waals surface area contributed by atoms with Crippen LogP contribution in [0.5, 0.6) is 0 Å². The van der Waals surface area contributed by atoms with E-state index in [1.54, 1.807) is 7.11 Å². The molecule has 17 heavy (non-hydrogen) atoms. The molecular weight excluding hydrogens is 216 g/mol. The lowest BCUT2D eigenvalue weighted by Crippen LogP contribution is -2.50. The number of nitrogens with one attached hydrogen (secondary N) is 1. The van der Waals surface area contributed by atoms with Crippen LogP contribution < -0.4 is 5.32 Å². The number of rotatable bonds is 4. The summed E-state index contributed by atoms with van der Waals surface area (Å²) in [5, 5.41) is 3.15. The number of likely N-dealkylation sites (tertiary alicyclic amines) is 1. The van der Waals surface area contributed by atoms with E-state index < -0.39 is 0 Å². The first-order valence-electron chi connectivity index (χ1n) is 6.78. The minimum Gasteiger partial charge on any atom is -0.381 e. The molecule has 0 atom stereocenters. The fourth-order valence-electron chi connectivity index (χ4n) is 2.71. The van der Waals surface area contributed by atoms with Gasteiger partial charge in [0.1, 0.15) is 0 Å². The summed E-state index contributed by atoms with van der Waals surface area (Å²) in [7, 11) is 1.74. The Balaban J connectivity index is 1.67. The number of nitrogens with zero attached hydrogens (tertiary/aromatic N) is 1. The lowest BCUT2D eigenvalue weighted by Gasteiger charge is -2.37. The van der Waals surface area contributed by atoms with E-state index in [9.17, 15) is 4.79 Å². The highest BCUT2D eigenvalue weighted by molar-refractivity contribution is 5.79. The van der Waals surface area contributed by atoms with Crippen molar-refractivity contribution in [1.29, 1.82) is 0 Å². The fraction of sp³-hybridized carbons (Fsp3) is 0.923. The lowest BCUT2D eigenvalue weighted by molar-refractivity contribution is -0.128. The molecule has 4 nitrogen and oxygen atoms in total. The molecule has 0 bridgehead atoms. The van der Waals surface area contributed by atoms with Crippen LogP contribution in [0.15, 0.2) is 0 Å². The molecule has 1 aliphatic heterocycles. The summed E-state index contributed by atoms with van der Waals surface area (Å²) in [6.45, 7) is 5.42. The molecule has 1 amide bonds. The van der Waals surface area contributed by atoms with Crippen molar-refractivity contribution in [3.8, 4) is 0 Å². The number of carbonyl (C=O) groups excluding carboxylic acids is 1. The molecule has 1 aliphatic carbocycles. The number of piperidine rings is 1. The van der Waals surface area contributed by atoms with Gasteiger partial charge in [-0.05, 0) is 45.3 Å². The van der Waals surface area contributed by atoms with Crippen LogP contribution in [0.1, 0.15) is 32.6 Å². The smallest absolute Gasteiger partial charge is 0.223 e. The van der Waals surface area contributed by atoms with Crippen molar-refractivity contribution in [2.24, 2.45) is 5.92 Å². The van der Waals surface area contributed by atoms with Gasteiger partial charge in [-0.1, -0.05) is 6.92 Å². The Labute approximate surface area is 104 Å². The highest BCUT2D eigenvalue weighted by Gasteiger charge is 2.32. The average Bonchev–Trinajstić information content (AvgIpc) is 2.33. The van der Waals surface area contributed by atoms with Crippen LogP contribution in [-0.2, 0) is 9.53 Å². The number of hydrogen-bond acceptors (Lipinski definition) is 3. The van der Waals surface area contributed by atoms with E-state index in [2.05, 4.69) is 17.1 Å². The first kappa shape index (κ1) is 12.8. The zero-order valence-corrected chi connectivity index (χ0v) is 10.9. The van der Waals surface area contributed by atoms with Crippen LogP contribution in [0.4, 0.5) is 0 Å². The molecule has 1 saturated heterocycles. The van der Waals surface area contributed by atoms with E-state index in [0.29, 0.717) is 12.1 Å². The molecule has 0 aromatic carbocycles. The van der Waals surface area contributed by atoms with Crippen molar-refractivity contribution in [2.75, 3.05) is 26.7 Å². The van der Waals surface area contributed by atoms with Crippen LogP contribution in [0, 0.1) is 5.92 Å². The summed E-state index contributed by atoms with van der Waals surface area (Å²) < 4.78 is 5.21. The molecule has 2 fully saturated rings. The summed E-state index contributed by atoms with van der Waals surface area (Å²) >= 11 is 0. The van der Waals surface area contributed by atoms with Gasteiger partial charge in [0, 0.05) is 19.1 Å². The Kier molecular flexibility index (Phi) is 4.40. The van der Waals surface area contributed by atoms with Gasteiger partial charge < -0.3 is 15.0 Å². The summed E-state index contributed by atoms with van der Waals surface area (Å²) in [6, 6.07) is 0.358. The topological polar surface area (TPSA) is 41.6 Å². The van der Waals surface area contributed by atoms with Crippen molar-refractivity contribution in [3.63, 3.8) is 0 Å². The molecule has 1 saturated carbocycles. The third kappa shape index (κ3) is 3.19. The fourth-order valence-corrected chi connectivity index (χ4v) is 2.71. The van der Waals surface area contributed by atoms with E-state index in [0.717, 1.165) is 45.3 Å². The predicted octanol–water partition coefficient (Wildman–Crippen LogP) is 1.01. The summed E-state index contributed by atoms with van der Waals surface area (Å²) in [5.74, 6) is 0.500. The number of amides is 1. The molecule has 0 unspecified atom stereocenters. The maximum Gasteiger partial charge on any atom is 0.223 e. The largest absolute Gasteiger partial charge is 0.381 e. The Morgan fingerprint density at radius 1 is 1.35 bits per heavy atom. The van der Waals surface area contributed by atoms with E-state index in [1.807, 2.05) is 0 Å². The van der Waals surface area contributed by atoms with Crippen LogP contribution in [0.2, 0.25) is 0 Å². The molecule has 2 aliphatic rings. The first-order valence-corrected chi connectivity index (χ1v) is 6.78. The van der Waals surface area contributed by atoms with Gasteiger partial charge in [-0.25, -0.2) is 0 Å². The van der Waals surface area contributed by atoms with Gasteiger partial charge in [-0.2, -0.15) is 0 Å². The quantitative estimate of drug-likeness (QED) is 0.797. The van der Waals surface area contributed by atoms with E-state index in [4.69, 9.17) is 4.74 Å². The number of hydrogen-bond donors (Lipinski definition) is 1. The zero-order chi connectivity index (χ0) is 12.3. The molecular formula is C13H24N2O2. The summed E-state index contributed by atoms with van der Waals surface area (Å²) in [5.41, 5.74) is 0. The molecule has 0 aromatic rings. The molecule has 4 heteroatoms. The third-order valence-corrected chi connectivity index (χ3v) is 4.18. The van der Waals surface area contributed by atoms with Crippen molar-refractivity contribution in [2.45, 2.75) is 44.8 Å². The van der Waals surface area contributed by atoms with Crippen LogP contribution >= 0.6 is 0 Å². The molecule has 0 aromatic heterocycles. The molecule has 0 radical (unpaired) electrons. The Bertz CT molecular complexity index is 256. The highest BCUT2D eigenvalue weighted by Crippen LogP contribution is 2.24. The van der Waals surface area contributed by atoms with Crippen molar-refractivity contribution >= 4 is 5.91 Å². The maximum absolute atomic E-state index is 12.0. The zero-order valence-electron chi connectivity index (χ0n) is 10.9. The number of ether oxygens (including phenoxy) is 1. The van der Waals surface area contributed by atoms with Gasteiger partial charge >= 0.3 is 0 Å². The minimum atomic E-state index is 0.236. The van der Waals surface area contributed by atoms with Crippen LogP contribution in [0.3, 0.4) is 0 Å². The normalized spacial score (nSPS) is 30.9. The van der Waals surface area contributed by atoms with Crippen LogP contribution in [0.25, 0.3) is 0 Å². The monoisotopic (exact) mass is 240 g/mol. The Morgan fingerprint density at radius 3 is 2.53 bits per heavy atom. The van der Waals surface area contributed by atoms with E-state index >= 15 is 0 Å². The van der Waals surface area contributed by atoms with Crippen molar-refractivity contribution in [1.82, 2.24) is 10.2 Å². The van der Waals surface area contributed by atoms with Gasteiger partial charge in [0.05, 0.1) is 6.10 Å². The van der Waals surface area contributed by atoms with Crippen molar-refractivity contribution < 1.29 is 9.53 Å². The van der Waals surface area contributed by atoms with Crippen LogP contribution in [-0.4, -0.2) is 49.7 Å². The molecule has 1 heterocycles. The number of carbonyl (C=O) groups is 1. The van der Waals surface area contributed by atoms with Crippen molar-refractivity contribution in [3.05, 3.63) is 0 Å². The molecule has 1 N–H and O–H groups in total. The molecule has 98 valence electrons. The van der Waals surface area contributed by atoms with Gasteiger partial charge in [-0.3, -0.25) is 4.79 Å². The highest BCUT2D eigenvalue weighted by atomic mass is 16.5. The van der Waals surface area contributed by atoms with Gasteiger partial charge in [0.15, 0.2) is 0 Å². The van der Waals surface area contributed by atoms with Gasteiger partial charge in [-0.15, -0.1) is 0 Å². The predicted molar refractivity (Wildman–Crippen MR) is 66.8 cm³/mol. The standard InChI is InChI=1S/C13H24N2O2/c1-3-15-6-4-10(5-7-15)13(16)14-11-8-12(9-11)17-2/h10-12H,3-9H2,1-2H3,(H,14,16). The first-order chi connectivity index (χ1) is 8.22. The van der Waals surface area contributed by atoms with Gasteiger partial charge in [0.25, 0.3) is 0 Å². The second kappa shape index (κ2) is 5.83.